The number of fused-ring (bicyclic) bond motifs is 1. The maximum Gasteiger partial charge on any atom is 0.309 e. The average molecular weight is 496 g/mol. The Balaban J connectivity index is 1.37. The third-order valence-electron chi connectivity index (χ3n) is 6.19. The number of carbonyl (C=O) groups excluding carboxylic acids is 3. The van der Waals surface area contributed by atoms with E-state index in [1.165, 1.54) is 7.11 Å². The lowest BCUT2D eigenvalue weighted by atomic mass is 9.97. The molecule has 0 unspecified atom stereocenters. The summed E-state index contributed by atoms with van der Waals surface area (Å²) >= 11 is 0. The standard InChI is InChI=1S/C27H29NO8/c1-4-34-27(31)17-10-12-28(13-11-17)24(29)16-35-19-8-9-20-22(15-19)36-23(25(20)30)14-18-6-5-7-21(32-2)26(18)33-3/h5-9,14-15,17H,4,10-13,16H2,1-3H3. The number of allylic oxidation sites excluding steroid dienone is 1. The van der Waals surface area contributed by atoms with Gasteiger partial charge in [0.25, 0.3) is 5.91 Å². The Bertz CT molecular complexity index is 1180. The minimum atomic E-state index is -0.262. The van der Waals surface area contributed by atoms with Crippen molar-refractivity contribution in [2.45, 2.75) is 19.8 Å². The van der Waals surface area contributed by atoms with Gasteiger partial charge in [0.1, 0.15) is 11.5 Å². The van der Waals surface area contributed by atoms with Gasteiger partial charge in [-0.05, 0) is 44.0 Å². The summed E-state index contributed by atoms with van der Waals surface area (Å²) in [6.45, 7) is 2.95. The SMILES string of the molecule is CCOC(=O)C1CCN(C(=O)COc2ccc3c(c2)OC(=Cc2cccc(OC)c2OC)C3=O)CC1. The smallest absolute Gasteiger partial charge is 0.309 e. The third kappa shape index (κ3) is 5.30. The first kappa shape index (κ1) is 25.1. The van der Waals surface area contributed by atoms with Gasteiger partial charge in [0.2, 0.25) is 5.78 Å². The number of hydrogen-bond donors (Lipinski definition) is 0. The average Bonchev–Trinajstić information content (AvgIpc) is 3.21. The fourth-order valence-electron chi connectivity index (χ4n) is 4.28. The molecule has 2 aliphatic rings. The van der Waals surface area contributed by atoms with Gasteiger partial charge in [-0.25, -0.2) is 0 Å². The van der Waals surface area contributed by atoms with Crippen LogP contribution in [-0.2, 0) is 14.3 Å². The molecule has 0 aliphatic carbocycles. The molecule has 0 saturated carbocycles. The highest BCUT2D eigenvalue weighted by Gasteiger charge is 2.30. The van der Waals surface area contributed by atoms with Crippen molar-refractivity contribution < 1.29 is 38.1 Å². The van der Waals surface area contributed by atoms with E-state index >= 15 is 0 Å². The number of benzene rings is 2. The van der Waals surface area contributed by atoms with Crippen LogP contribution in [0.5, 0.6) is 23.0 Å². The fourth-order valence-corrected chi connectivity index (χ4v) is 4.28. The summed E-state index contributed by atoms with van der Waals surface area (Å²) in [4.78, 5) is 39.0. The second-order valence-electron chi connectivity index (χ2n) is 8.38. The molecule has 0 atom stereocenters. The molecule has 36 heavy (non-hydrogen) atoms. The zero-order valence-electron chi connectivity index (χ0n) is 20.6. The molecule has 4 rings (SSSR count). The number of hydrogen-bond acceptors (Lipinski definition) is 8. The molecule has 2 aromatic rings. The van der Waals surface area contributed by atoms with Crippen molar-refractivity contribution in [3.8, 4) is 23.0 Å². The van der Waals surface area contributed by atoms with Crippen LogP contribution in [0.25, 0.3) is 6.08 Å². The van der Waals surface area contributed by atoms with Gasteiger partial charge in [0.05, 0.1) is 32.3 Å². The number of rotatable bonds is 8. The number of ether oxygens (including phenoxy) is 5. The van der Waals surface area contributed by atoms with Crippen LogP contribution in [-0.4, -0.2) is 63.1 Å². The van der Waals surface area contributed by atoms with Crippen LogP contribution in [0.1, 0.15) is 35.7 Å². The summed E-state index contributed by atoms with van der Waals surface area (Å²) in [5.41, 5.74) is 1.05. The molecule has 0 aromatic heterocycles. The Morgan fingerprint density at radius 2 is 1.89 bits per heavy atom. The highest BCUT2D eigenvalue weighted by atomic mass is 16.5. The Hall–Kier alpha value is -4.01. The molecule has 190 valence electrons. The summed E-state index contributed by atoms with van der Waals surface area (Å²) in [5.74, 6) is 1.16. The van der Waals surface area contributed by atoms with Crippen molar-refractivity contribution >= 4 is 23.7 Å². The topological polar surface area (TPSA) is 101 Å². The van der Waals surface area contributed by atoms with E-state index in [2.05, 4.69) is 0 Å². The Labute approximate surface area is 209 Å². The molecule has 9 heteroatoms. The van der Waals surface area contributed by atoms with Gasteiger partial charge in [0.15, 0.2) is 23.9 Å². The minimum absolute atomic E-state index is 0.147. The second kappa shape index (κ2) is 11.2. The van der Waals surface area contributed by atoms with Crippen LogP contribution in [0.15, 0.2) is 42.2 Å². The van der Waals surface area contributed by atoms with Crippen LogP contribution >= 0.6 is 0 Å². The summed E-state index contributed by atoms with van der Waals surface area (Å²) in [5, 5.41) is 0. The molecule has 2 heterocycles. The van der Waals surface area contributed by atoms with Gasteiger partial charge in [-0.1, -0.05) is 12.1 Å². The van der Waals surface area contributed by atoms with Crippen molar-refractivity contribution in [2.75, 3.05) is 40.5 Å². The Morgan fingerprint density at radius 1 is 1.11 bits per heavy atom. The van der Waals surface area contributed by atoms with Crippen LogP contribution in [0.2, 0.25) is 0 Å². The van der Waals surface area contributed by atoms with Gasteiger partial charge in [-0.2, -0.15) is 0 Å². The lowest BCUT2D eigenvalue weighted by Crippen LogP contribution is -2.42. The van der Waals surface area contributed by atoms with E-state index in [1.807, 2.05) is 0 Å². The minimum Gasteiger partial charge on any atom is -0.493 e. The number of nitrogens with zero attached hydrogens (tertiary/aromatic N) is 1. The highest BCUT2D eigenvalue weighted by molar-refractivity contribution is 6.14. The normalized spacial score (nSPS) is 16.4. The van der Waals surface area contributed by atoms with E-state index in [4.69, 9.17) is 23.7 Å². The molecule has 0 N–H and O–H groups in total. The van der Waals surface area contributed by atoms with Crippen molar-refractivity contribution in [3.05, 3.63) is 53.3 Å². The maximum absolute atomic E-state index is 12.9. The fraction of sp³-hybridized carbons (Fsp3) is 0.370. The van der Waals surface area contributed by atoms with Crippen molar-refractivity contribution in [2.24, 2.45) is 5.92 Å². The van der Waals surface area contributed by atoms with Gasteiger partial charge >= 0.3 is 5.97 Å². The van der Waals surface area contributed by atoms with E-state index in [-0.39, 0.29) is 35.9 Å². The van der Waals surface area contributed by atoms with Crippen LogP contribution in [0, 0.1) is 5.92 Å². The highest BCUT2D eigenvalue weighted by Crippen LogP contribution is 2.37. The molecule has 2 aromatic carbocycles. The number of ketones is 1. The molecule has 0 spiro atoms. The molecule has 1 saturated heterocycles. The number of Topliss-reactive ketones (excluding diaryl/α,β-unsaturated/α-hetero) is 1. The Kier molecular flexibility index (Phi) is 7.77. The third-order valence-corrected chi connectivity index (χ3v) is 6.19. The summed E-state index contributed by atoms with van der Waals surface area (Å²) in [7, 11) is 3.07. The molecular formula is C27H29NO8. The molecule has 0 radical (unpaired) electrons. The monoisotopic (exact) mass is 495 g/mol. The van der Waals surface area contributed by atoms with Crippen molar-refractivity contribution in [3.63, 3.8) is 0 Å². The lowest BCUT2D eigenvalue weighted by molar-refractivity contribution is -0.151. The van der Waals surface area contributed by atoms with E-state index in [0.29, 0.717) is 66.7 Å². The number of methoxy groups -OCH3 is 2. The maximum atomic E-state index is 12.9. The van der Waals surface area contributed by atoms with Gasteiger partial charge in [0, 0.05) is 24.7 Å². The van der Waals surface area contributed by atoms with Crippen molar-refractivity contribution in [1.29, 1.82) is 0 Å². The number of para-hydroxylation sites is 1. The first-order valence-corrected chi connectivity index (χ1v) is 11.8. The van der Waals surface area contributed by atoms with Gasteiger partial charge in [-0.15, -0.1) is 0 Å². The number of carbonyl (C=O) groups is 3. The predicted octanol–water partition coefficient (Wildman–Crippen LogP) is 3.50. The first-order valence-electron chi connectivity index (χ1n) is 11.8. The Morgan fingerprint density at radius 3 is 2.58 bits per heavy atom. The lowest BCUT2D eigenvalue weighted by Gasteiger charge is -2.30. The number of esters is 1. The largest absolute Gasteiger partial charge is 0.493 e. The molecule has 1 amide bonds. The summed E-state index contributed by atoms with van der Waals surface area (Å²) < 4.78 is 27.3. The number of piperidine rings is 1. The van der Waals surface area contributed by atoms with E-state index < -0.39 is 0 Å². The van der Waals surface area contributed by atoms with Gasteiger partial charge < -0.3 is 28.6 Å². The molecule has 2 aliphatic heterocycles. The van der Waals surface area contributed by atoms with Crippen molar-refractivity contribution in [1.82, 2.24) is 4.90 Å². The molecule has 0 bridgehead atoms. The molecule has 1 fully saturated rings. The number of likely N-dealkylation sites (tertiary alicyclic amines) is 1. The zero-order chi connectivity index (χ0) is 25.7. The predicted molar refractivity (Wildman–Crippen MR) is 130 cm³/mol. The number of amides is 1. The van der Waals surface area contributed by atoms with Crippen LogP contribution in [0.4, 0.5) is 0 Å². The quantitative estimate of drug-likeness (QED) is 0.405. The first-order chi connectivity index (χ1) is 17.4. The van der Waals surface area contributed by atoms with E-state index in [9.17, 15) is 14.4 Å². The molecular weight excluding hydrogens is 466 g/mol. The van der Waals surface area contributed by atoms with E-state index in [1.54, 1.807) is 61.4 Å². The summed E-state index contributed by atoms with van der Waals surface area (Å²) in [6.07, 6.45) is 2.76. The van der Waals surface area contributed by atoms with E-state index in [0.717, 1.165) is 0 Å². The second-order valence-corrected chi connectivity index (χ2v) is 8.38. The summed E-state index contributed by atoms with van der Waals surface area (Å²) in [6, 6.07) is 10.2. The van der Waals surface area contributed by atoms with Gasteiger partial charge in [-0.3, -0.25) is 14.4 Å². The van der Waals surface area contributed by atoms with Crippen LogP contribution < -0.4 is 18.9 Å². The van der Waals surface area contributed by atoms with Crippen LogP contribution in [0.3, 0.4) is 0 Å². The molecule has 9 nitrogen and oxygen atoms in total. The zero-order valence-corrected chi connectivity index (χ0v) is 20.6.